The van der Waals surface area contributed by atoms with Gasteiger partial charge in [-0.2, -0.15) is 18.4 Å². The first-order valence-corrected chi connectivity index (χ1v) is 11.6. The first-order valence-electron chi connectivity index (χ1n) is 9.91. The van der Waals surface area contributed by atoms with Crippen molar-refractivity contribution in [2.45, 2.75) is 48.1 Å². The Bertz CT molecular complexity index is 1130. The molecular weight excluding hydrogens is 464 g/mol. The highest BCUT2D eigenvalue weighted by Crippen LogP contribution is 2.36. The molecule has 12 heteroatoms. The minimum absolute atomic E-state index is 0.272. The monoisotopic (exact) mass is 484 g/mol. The molecule has 1 aromatic carbocycles. The van der Waals surface area contributed by atoms with E-state index in [4.69, 9.17) is 0 Å². The van der Waals surface area contributed by atoms with Crippen molar-refractivity contribution in [1.29, 1.82) is 5.26 Å². The van der Waals surface area contributed by atoms with Crippen LogP contribution in [0.25, 0.3) is 0 Å². The summed E-state index contributed by atoms with van der Waals surface area (Å²) in [4.78, 5) is 16.5. The van der Waals surface area contributed by atoms with Crippen LogP contribution in [0.2, 0.25) is 0 Å². The Morgan fingerprint density at radius 2 is 1.85 bits per heavy atom. The number of halogens is 4. The smallest absolute Gasteiger partial charge is 0.336 e. The average molecular weight is 484 g/mol. The molecule has 0 bridgehead atoms. The van der Waals surface area contributed by atoms with Crippen LogP contribution in [0.15, 0.2) is 53.7 Å². The number of nitrogens with zero attached hydrogens (tertiary/aromatic N) is 2. The normalized spacial score (nSPS) is 16.9. The Labute approximate surface area is 187 Å². The topological polar surface area (TPSA) is 112 Å². The highest BCUT2D eigenvalue weighted by Gasteiger charge is 2.47. The molecule has 1 fully saturated rings. The Balaban J connectivity index is 1.86. The number of hydrogen-bond donors (Lipinski definition) is 2. The molecule has 176 valence electrons. The Kier molecular flexibility index (Phi) is 7.04. The van der Waals surface area contributed by atoms with Crippen molar-refractivity contribution >= 4 is 15.7 Å². The lowest BCUT2D eigenvalue weighted by molar-refractivity contribution is -0.161. The van der Waals surface area contributed by atoms with Crippen molar-refractivity contribution in [2.24, 2.45) is 0 Å². The van der Waals surface area contributed by atoms with E-state index in [1.807, 2.05) is 6.07 Å². The van der Waals surface area contributed by atoms with Crippen molar-refractivity contribution < 1.29 is 30.8 Å². The SMILES string of the molecule is N#CC1(NC(=O)[C@H](CCS(=O)(=O)c2ccccn2)N[C@H](c2ccc(F)cc2)C(F)(F)F)CC1. The van der Waals surface area contributed by atoms with Gasteiger partial charge >= 0.3 is 6.18 Å². The summed E-state index contributed by atoms with van der Waals surface area (Å²) in [6, 6.07) is 5.68. The number of hydrogen-bond acceptors (Lipinski definition) is 6. The van der Waals surface area contributed by atoms with Crippen LogP contribution in [-0.4, -0.2) is 42.8 Å². The average Bonchev–Trinajstić information content (AvgIpc) is 3.54. The first kappa shape index (κ1) is 24.6. The second kappa shape index (κ2) is 9.44. The minimum atomic E-state index is -4.87. The summed E-state index contributed by atoms with van der Waals surface area (Å²) < 4.78 is 79.8. The number of carbonyl (C=O) groups is 1. The minimum Gasteiger partial charge on any atom is -0.336 e. The molecule has 1 aliphatic carbocycles. The molecule has 1 heterocycles. The summed E-state index contributed by atoms with van der Waals surface area (Å²) >= 11 is 0. The van der Waals surface area contributed by atoms with Crippen LogP contribution in [0, 0.1) is 17.1 Å². The molecular formula is C21H20F4N4O3S. The van der Waals surface area contributed by atoms with E-state index in [0.717, 1.165) is 24.3 Å². The van der Waals surface area contributed by atoms with E-state index in [1.165, 1.54) is 24.4 Å². The Hall–Kier alpha value is -3.04. The molecule has 33 heavy (non-hydrogen) atoms. The number of nitriles is 1. The second-order valence-electron chi connectivity index (χ2n) is 7.70. The van der Waals surface area contributed by atoms with Gasteiger partial charge in [0.15, 0.2) is 14.9 Å². The van der Waals surface area contributed by atoms with E-state index < -0.39 is 57.5 Å². The third-order valence-electron chi connectivity index (χ3n) is 5.17. The van der Waals surface area contributed by atoms with E-state index in [-0.39, 0.29) is 10.6 Å². The number of carbonyl (C=O) groups excluding carboxylic acids is 1. The zero-order valence-electron chi connectivity index (χ0n) is 17.1. The highest BCUT2D eigenvalue weighted by molar-refractivity contribution is 7.91. The van der Waals surface area contributed by atoms with Gasteiger partial charge in [0.05, 0.1) is 17.9 Å². The molecule has 7 nitrogen and oxygen atoms in total. The fraction of sp³-hybridized carbons (Fsp3) is 0.381. The van der Waals surface area contributed by atoms with Gasteiger partial charge in [0.1, 0.15) is 17.4 Å². The van der Waals surface area contributed by atoms with E-state index in [0.29, 0.717) is 12.8 Å². The maximum absolute atomic E-state index is 13.8. The number of rotatable bonds is 9. The standard InChI is InChI=1S/C21H20F4N4O3S/c22-15-6-4-14(5-7-15)18(21(23,24)25)28-16(19(30)29-20(13-26)9-10-20)8-12-33(31,32)17-3-1-2-11-27-17/h1-7,11,16,18,28H,8-10,12H2,(H,29,30)/t16-,18+/m0/s1. The second-order valence-corrected chi connectivity index (χ2v) is 9.76. The molecule has 1 saturated carbocycles. The third kappa shape index (κ3) is 6.27. The zero-order valence-corrected chi connectivity index (χ0v) is 18.0. The first-order chi connectivity index (χ1) is 15.5. The largest absolute Gasteiger partial charge is 0.407 e. The molecule has 2 N–H and O–H groups in total. The van der Waals surface area contributed by atoms with Crippen molar-refractivity contribution in [3.63, 3.8) is 0 Å². The van der Waals surface area contributed by atoms with Gasteiger partial charge < -0.3 is 5.32 Å². The predicted octanol–water partition coefficient (Wildman–Crippen LogP) is 2.82. The van der Waals surface area contributed by atoms with Crippen molar-refractivity contribution in [1.82, 2.24) is 15.6 Å². The molecule has 2 aromatic rings. The summed E-state index contributed by atoms with van der Waals surface area (Å²) in [5, 5.41) is 13.5. The fourth-order valence-corrected chi connectivity index (χ4v) is 4.41. The van der Waals surface area contributed by atoms with Gasteiger partial charge in [-0.1, -0.05) is 18.2 Å². The van der Waals surface area contributed by atoms with Crippen LogP contribution in [0.1, 0.15) is 30.9 Å². The van der Waals surface area contributed by atoms with Crippen molar-refractivity contribution in [3.8, 4) is 6.07 Å². The molecule has 0 saturated heterocycles. The number of benzene rings is 1. The summed E-state index contributed by atoms with van der Waals surface area (Å²) in [5.41, 5.74) is -1.52. The van der Waals surface area contributed by atoms with Crippen LogP contribution >= 0.6 is 0 Å². The van der Waals surface area contributed by atoms with Gasteiger partial charge in [-0.25, -0.2) is 17.8 Å². The van der Waals surface area contributed by atoms with E-state index in [1.54, 1.807) is 0 Å². The summed E-state index contributed by atoms with van der Waals surface area (Å²) in [5.74, 6) is -2.33. The van der Waals surface area contributed by atoms with Crippen molar-refractivity contribution in [3.05, 3.63) is 60.0 Å². The summed E-state index contributed by atoms with van der Waals surface area (Å²) in [6.45, 7) is 0. The number of nitrogens with one attached hydrogen (secondary N) is 2. The number of sulfone groups is 1. The number of aromatic nitrogens is 1. The molecule has 1 aliphatic rings. The number of pyridine rings is 1. The number of amides is 1. The highest BCUT2D eigenvalue weighted by atomic mass is 32.2. The molecule has 1 aromatic heterocycles. The lowest BCUT2D eigenvalue weighted by atomic mass is 10.0. The van der Waals surface area contributed by atoms with Gasteiger partial charge in [-0.05, 0) is 49.1 Å². The van der Waals surface area contributed by atoms with E-state index >= 15 is 0 Å². The molecule has 0 aliphatic heterocycles. The van der Waals surface area contributed by atoms with Gasteiger partial charge in [0.25, 0.3) is 0 Å². The van der Waals surface area contributed by atoms with Crippen LogP contribution < -0.4 is 10.6 Å². The van der Waals surface area contributed by atoms with Crippen LogP contribution in [0.4, 0.5) is 17.6 Å². The van der Waals surface area contributed by atoms with E-state index in [2.05, 4.69) is 15.6 Å². The Morgan fingerprint density at radius 3 is 2.36 bits per heavy atom. The predicted molar refractivity (Wildman–Crippen MR) is 109 cm³/mol. The van der Waals surface area contributed by atoms with Gasteiger partial charge in [0, 0.05) is 6.20 Å². The van der Waals surface area contributed by atoms with Crippen LogP contribution in [-0.2, 0) is 14.6 Å². The van der Waals surface area contributed by atoms with Gasteiger partial charge in [-0.15, -0.1) is 0 Å². The number of alkyl halides is 3. The lowest BCUT2D eigenvalue weighted by Crippen LogP contribution is -2.52. The zero-order chi connectivity index (χ0) is 24.3. The van der Waals surface area contributed by atoms with E-state index in [9.17, 15) is 36.0 Å². The van der Waals surface area contributed by atoms with Gasteiger partial charge in [0.2, 0.25) is 5.91 Å². The maximum atomic E-state index is 13.8. The van der Waals surface area contributed by atoms with Crippen LogP contribution in [0.5, 0.6) is 0 Å². The van der Waals surface area contributed by atoms with Crippen molar-refractivity contribution in [2.75, 3.05) is 5.75 Å². The molecule has 0 unspecified atom stereocenters. The van der Waals surface area contributed by atoms with Crippen LogP contribution in [0.3, 0.4) is 0 Å². The third-order valence-corrected chi connectivity index (χ3v) is 6.83. The molecule has 3 rings (SSSR count). The summed E-state index contributed by atoms with van der Waals surface area (Å²) in [6.07, 6.45) is -3.44. The molecule has 1 amide bonds. The Morgan fingerprint density at radius 1 is 1.18 bits per heavy atom. The summed E-state index contributed by atoms with van der Waals surface area (Å²) in [7, 11) is -3.99. The maximum Gasteiger partial charge on any atom is 0.407 e. The molecule has 0 spiro atoms. The lowest BCUT2D eigenvalue weighted by Gasteiger charge is -2.28. The molecule has 2 atom stereocenters. The molecule has 0 radical (unpaired) electrons. The quantitative estimate of drug-likeness (QED) is 0.530. The van der Waals surface area contributed by atoms with Gasteiger partial charge in [-0.3, -0.25) is 10.1 Å². The fourth-order valence-electron chi connectivity index (χ4n) is 3.15.